The van der Waals surface area contributed by atoms with Gasteiger partial charge in [-0.2, -0.15) is 5.26 Å². The Morgan fingerprint density at radius 2 is 1.76 bits per heavy atom. The highest BCUT2D eigenvalue weighted by Gasteiger charge is 2.60. The molecule has 0 radical (unpaired) electrons. The number of fused-ring (bicyclic) bond motifs is 1. The summed E-state index contributed by atoms with van der Waals surface area (Å²) in [6, 6.07) is 9.62. The van der Waals surface area contributed by atoms with E-state index in [4.69, 9.17) is 21.6 Å². The van der Waals surface area contributed by atoms with E-state index in [1.54, 1.807) is 31.2 Å². The second-order valence-corrected chi connectivity index (χ2v) is 17.5. The van der Waals surface area contributed by atoms with E-state index < -0.39 is 41.0 Å². The number of likely N-dealkylation sites (tertiary alicyclic amines) is 1. The fourth-order valence-electron chi connectivity index (χ4n) is 9.95. The maximum Gasteiger partial charge on any atom is 0.272 e. The minimum atomic E-state index is -1.08. The fourth-order valence-corrected chi connectivity index (χ4v) is 10.2. The van der Waals surface area contributed by atoms with Gasteiger partial charge in [-0.1, -0.05) is 11.6 Å². The van der Waals surface area contributed by atoms with E-state index in [2.05, 4.69) is 35.5 Å². The number of nitrogens with one attached hydrogen (secondary N) is 2. The summed E-state index contributed by atoms with van der Waals surface area (Å²) in [5.41, 5.74) is -0.135. The van der Waals surface area contributed by atoms with Gasteiger partial charge in [0, 0.05) is 76.3 Å². The average Bonchev–Trinajstić information content (AvgIpc) is 3.52. The predicted molar refractivity (Wildman–Crippen MR) is 210 cm³/mol. The first-order valence-corrected chi connectivity index (χ1v) is 20.8. The monoisotopic (exact) mass is 825 g/mol. The van der Waals surface area contributed by atoms with Crippen molar-refractivity contribution in [1.29, 1.82) is 5.26 Å². The minimum absolute atomic E-state index is 0.00631. The van der Waals surface area contributed by atoms with Crippen LogP contribution in [0.15, 0.2) is 53.4 Å². The van der Waals surface area contributed by atoms with Crippen molar-refractivity contribution in [3.05, 3.63) is 69.7 Å². The minimum Gasteiger partial charge on any atom is -0.490 e. The fraction of sp³-hybridized carbons (Fsp3) is 0.524. The summed E-state index contributed by atoms with van der Waals surface area (Å²) in [6.07, 6.45) is 4.42. The van der Waals surface area contributed by atoms with Crippen LogP contribution in [0, 0.1) is 29.1 Å². The molecule has 0 spiro atoms. The Balaban J connectivity index is 0.706. The van der Waals surface area contributed by atoms with Crippen LogP contribution >= 0.6 is 11.6 Å². The maximum absolute atomic E-state index is 15.9. The van der Waals surface area contributed by atoms with Crippen molar-refractivity contribution < 1.29 is 33.1 Å². The molecule has 0 bridgehead atoms. The number of piperazine rings is 1. The number of ether oxygens (including phenoxy) is 1. The molecule has 4 aliphatic heterocycles. The summed E-state index contributed by atoms with van der Waals surface area (Å²) in [5.74, 6) is -0.359. The number of piperidine rings is 2. The van der Waals surface area contributed by atoms with Crippen LogP contribution in [0.3, 0.4) is 0 Å². The zero-order chi connectivity index (χ0) is 41.2. The van der Waals surface area contributed by atoms with Gasteiger partial charge in [0.1, 0.15) is 23.7 Å². The van der Waals surface area contributed by atoms with E-state index in [0.717, 1.165) is 69.1 Å². The third kappa shape index (κ3) is 7.38. The van der Waals surface area contributed by atoms with Crippen LogP contribution in [0.1, 0.15) is 67.9 Å². The molecule has 5 heterocycles. The van der Waals surface area contributed by atoms with E-state index in [-0.39, 0.29) is 54.2 Å². The smallest absolute Gasteiger partial charge is 0.272 e. The van der Waals surface area contributed by atoms with Crippen LogP contribution in [-0.4, -0.2) is 124 Å². The van der Waals surface area contributed by atoms with Crippen molar-refractivity contribution in [3.8, 4) is 11.8 Å². The zero-order valence-electron chi connectivity index (χ0n) is 32.7. The lowest BCUT2D eigenvalue weighted by atomic mass is 9.82. The summed E-state index contributed by atoms with van der Waals surface area (Å²) in [7, 11) is 0. The number of halogens is 2. The number of nitriles is 1. The lowest BCUT2D eigenvalue weighted by Gasteiger charge is -2.41. The number of aromatic nitrogens is 2. The van der Waals surface area contributed by atoms with Crippen LogP contribution in [0.25, 0.3) is 0 Å². The third-order valence-electron chi connectivity index (χ3n) is 13.6. The molecule has 3 saturated heterocycles. The highest BCUT2D eigenvalue weighted by atomic mass is 35.5. The van der Waals surface area contributed by atoms with Crippen molar-refractivity contribution in [2.24, 2.45) is 17.8 Å². The number of anilines is 1. The Morgan fingerprint density at radius 3 is 2.42 bits per heavy atom. The number of nitrogens with zero attached hydrogens (tertiary/aromatic N) is 7. The van der Waals surface area contributed by atoms with Gasteiger partial charge in [-0.25, -0.2) is 4.39 Å². The lowest BCUT2D eigenvalue weighted by molar-refractivity contribution is -0.150. The Bertz CT molecular complexity index is 2200. The Morgan fingerprint density at radius 1 is 1.02 bits per heavy atom. The second kappa shape index (κ2) is 15.4. The van der Waals surface area contributed by atoms with Crippen LogP contribution in [0.2, 0.25) is 5.02 Å². The molecular weight excluding hydrogens is 781 g/mol. The second-order valence-electron chi connectivity index (χ2n) is 17.1. The van der Waals surface area contributed by atoms with Gasteiger partial charge >= 0.3 is 0 Å². The Kier molecular flexibility index (Phi) is 10.3. The number of rotatable bonds is 9. The van der Waals surface area contributed by atoms with Crippen molar-refractivity contribution in [2.75, 3.05) is 50.7 Å². The molecule has 5 amide bonds. The molecule has 2 aromatic rings. The number of carbonyl (C=O) groups is 5. The summed E-state index contributed by atoms with van der Waals surface area (Å²) in [6.45, 7) is 7.43. The van der Waals surface area contributed by atoms with Crippen LogP contribution in [-0.2, 0) is 19.2 Å². The van der Waals surface area contributed by atoms with Crippen LogP contribution < -0.4 is 20.3 Å². The van der Waals surface area contributed by atoms with Gasteiger partial charge in [-0.15, -0.1) is 10.2 Å². The first-order chi connectivity index (χ1) is 28.4. The zero-order valence-corrected chi connectivity index (χ0v) is 33.4. The van der Waals surface area contributed by atoms with Crippen molar-refractivity contribution >= 4 is 47.0 Å². The normalized spacial score (nSPS) is 31.1. The number of benzene rings is 1. The molecule has 15 nitrogen and oxygen atoms in total. The van der Waals surface area contributed by atoms with Gasteiger partial charge in [0.15, 0.2) is 11.5 Å². The molecule has 2 N–H and O–H groups in total. The first-order valence-electron chi connectivity index (χ1n) is 20.5. The van der Waals surface area contributed by atoms with E-state index in [9.17, 15) is 24.0 Å². The molecule has 2 unspecified atom stereocenters. The molecule has 17 heteroatoms. The average molecular weight is 826 g/mol. The van der Waals surface area contributed by atoms with Gasteiger partial charge in [-0.3, -0.25) is 44.0 Å². The lowest BCUT2D eigenvalue weighted by Crippen LogP contribution is -2.54. The largest absolute Gasteiger partial charge is 0.490 e. The summed E-state index contributed by atoms with van der Waals surface area (Å²) in [4.78, 5) is 71.6. The van der Waals surface area contributed by atoms with E-state index in [1.165, 1.54) is 6.08 Å². The van der Waals surface area contributed by atoms with Gasteiger partial charge in [0.25, 0.3) is 17.7 Å². The summed E-state index contributed by atoms with van der Waals surface area (Å²) in [5, 5.41) is 23.4. The molecule has 3 aliphatic carbocycles. The van der Waals surface area contributed by atoms with Gasteiger partial charge in [-0.05, 0) is 87.1 Å². The molecule has 7 aliphatic rings. The van der Waals surface area contributed by atoms with E-state index in [0.29, 0.717) is 47.2 Å². The quantitative estimate of drug-likeness (QED) is 0.354. The first kappa shape index (κ1) is 39.2. The standard InChI is InChI=1S/C42H45ClFN9O6/c1-42(18-28-27(17-35(42)44)40(57)53(41(28)58)34-9-11-37(54)47-39(34)56)52-21-30-29(31(30)22-52)20-50-12-14-51(15-13-50)36-10-8-33(48-49-36)38(55)46-24-3-6-25(7-4-24)59-26-5-2-23(19-45)32(43)16-26/h2,5,8,10,16-17,24-25,29-31,34H,3-4,6-7,9,11-15,18,20-22H2,1H3,(H,46,55)(H,47,54,56)/t24-,25-,29-,30-,31+,34?,42?. The molecule has 1 aromatic heterocycles. The number of imide groups is 2. The number of carbonyl (C=O) groups excluding carboxylic acids is 5. The van der Waals surface area contributed by atoms with E-state index in [1.807, 2.05) is 12.1 Å². The van der Waals surface area contributed by atoms with Crippen LogP contribution in [0.4, 0.5) is 10.2 Å². The topological polar surface area (TPSA) is 181 Å². The highest BCUT2D eigenvalue weighted by molar-refractivity contribution is 6.31. The molecular formula is C42H45ClFN9O6. The molecule has 2 saturated carbocycles. The number of amides is 5. The maximum atomic E-state index is 15.9. The van der Waals surface area contributed by atoms with Gasteiger partial charge < -0.3 is 15.0 Å². The molecule has 5 fully saturated rings. The predicted octanol–water partition coefficient (Wildman–Crippen LogP) is 2.91. The molecule has 59 heavy (non-hydrogen) atoms. The van der Waals surface area contributed by atoms with E-state index >= 15 is 4.39 Å². The molecule has 9 rings (SSSR count). The van der Waals surface area contributed by atoms with Crippen LogP contribution in [0.5, 0.6) is 5.75 Å². The van der Waals surface area contributed by atoms with Crippen molar-refractivity contribution in [2.45, 2.75) is 75.6 Å². The Labute approximate surface area is 345 Å². The summed E-state index contributed by atoms with van der Waals surface area (Å²) < 4.78 is 22.0. The number of hydrogen-bond donors (Lipinski definition) is 2. The SMILES string of the molecule is CC1(N2C[C@@H]3[C@@H](CN4CCN(c5ccc(C(=O)N[C@H]6CC[C@H](Oc7ccc(C#N)c(Cl)c7)CC6)nn5)CC4)[C@@H]3C2)CC2=C(C=C1F)C(=O)N(C1CCC(=O)NC1=O)C2=O. The third-order valence-corrected chi connectivity index (χ3v) is 13.9. The molecule has 1 aromatic carbocycles. The van der Waals surface area contributed by atoms with Gasteiger partial charge in [0.2, 0.25) is 11.8 Å². The molecule has 5 atom stereocenters. The van der Waals surface area contributed by atoms with Crippen molar-refractivity contribution in [3.63, 3.8) is 0 Å². The van der Waals surface area contributed by atoms with Gasteiger partial charge in [0.05, 0.1) is 27.8 Å². The van der Waals surface area contributed by atoms with Crippen molar-refractivity contribution in [1.82, 2.24) is 35.5 Å². The highest BCUT2D eigenvalue weighted by Crippen LogP contribution is 2.56. The Hall–Kier alpha value is -5.24. The number of hydrogen-bond acceptors (Lipinski definition) is 12. The summed E-state index contributed by atoms with van der Waals surface area (Å²) >= 11 is 6.14. The molecule has 308 valence electrons.